The largest absolute Gasteiger partial charge is 0.378 e. The van der Waals surface area contributed by atoms with Crippen molar-refractivity contribution in [1.82, 2.24) is 9.88 Å². The monoisotopic (exact) mass is 453 g/mol. The van der Waals surface area contributed by atoms with Crippen LogP contribution in [0.5, 0.6) is 0 Å². The van der Waals surface area contributed by atoms with E-state index in [2.05, 4.69) is 39.5 Å². The normalized spacial score (nSPS) is 13.9. The summed E-state index contributed by atoms with van der Waals surface area (Å²) in [6, 6.07) is 16.3. The number of amides is 1. The van der Waals surface area contributed by atoms with Gasteiger partial charge < -0.3 is 14.5 Å². The molecule has 2 aromatic carbocycles. The van der Waals surface area contributed by atoms with E-state index in [1.54, 1.807) is 28.0 Å². The number of aryl methyl sites for hydroxylation is 1. The van der Waals surface area contributed by atoms with Crippen molar-refractivity contribution in [1.29, 1.82) is 0 Å². The molecule has 1 aromatic heterocycles. The zero-order valence-electron chi connectivity index (χ0n) is 17.9. The number of nitrogens with zero attached hydrogens (tertiary/aromatic N) is 3. The highest BCUT2D eigenvalue weighted by molar-refractivity contribution is 7.98. The molecule has 0 radical (unpaired) electrons. The quantitative estimate of drug-likeness (QED) is 0.479. The van der Waals surface area contributed by atoms with E-state index >= 15 is 0 Å². The standard InChI is InChI=1S/C24H27N3O2S2/c1-18-25-21(16-30-18)17-31-23-9-5-20(6-10-23)24(28)26(2)15-19-3-7-22(8-4-19)27-11-13-29-14-12-27/h3-10,16H,11-15,17H2,1-2H3. The van der Waals surface area contributed by atoms with Crippen LogP contribution in [0.2, 0.25) is 0 Å². The highest BCUT2D eigenvalue weighted by atomic mass is 32.2. The molecule has 4 rings (SSSR count). The van der Waals surface area contributed by atoms with Gasteiger partial charge in [-0.25, -0.2) is 4.98 Å². The molecule has 0 N–H and O–H groups in total. The summed E-state index contributed by atoms with van der Waals surface area (Å²) in [7, 11) is 1.85. The molecule has 162 valence electrons. The minimum Gasteiger partial charge on any atom is -0.378 e. The molecule has 0 saturated carbocycles. The molecule has 1 saturated heterocycles. The van der Waals surface area contributed by atoms with Gasteiger partial charge in [0.25, 0.3) is 5.91 Å². The van der Waals surface area contributed by atoms with Gasteiger partial charge in [-0.1, -0.05) is 12.1 Å². The number of carbonyl (C=O) groups excluding carboxylic acids is 1. The molecule has 2 heterocycles. The lowest BCUT2D eigenvalue weighted by molar-refractivity contribution is 0.0785. The molecule has 31 heavy (non-hydrogen) atoms. The molecular weight excluding hydrogens is 426 g/mol. The number of ether oxygens (including phenoxy) is 1. The summed E-state index contributed by atoms with van der Waals surface area (Å²) < 4.78 is 5.42. The Morgan fingerprint density at radius 1 is 1.13 bits per heavy atom. The van der Waals surface area contributed by atoms with Crippen LogP contribution in [0, 0.1) is 6.92 Å². The Balaban J connectivity index is 1.31. The number of hydrogen-bond acceptors (Lipinski definition) is 6. The first kappa shape index (κ1) is 21.9. The number of benzene rings is 2. The van der Waals surface area contributed by atoms with Crippen LogP contribution in [0.15, 0.2) is 58.8 Å². The summed E-state index contributed by atoms with van der Waals surface area (Å²) in [5.41, 5.74) is 4.15. The van der Waals surface area contributed by atoms with Gasteiger partial charge in [0, 0.05) is 54.0 Å². The number of thiazole rings is 1. The van der Waals surface area contributed by atoms with Gasteiger partial charge in [-0.3, -0.25) is 4.79 Å². The van der Waals surface area contributed by atoms with Gasteiger partial charge in [0.05, 0.1) is 23.9 Å². The minimum absolute atomic E-state index is 0.0314. The maximum Gasteiger partial charge on any atom is 0.253 e. The van der Waals surface area contributed by atoms with Gasteiger partial charge in [0.15, 0.2) is 0 Å². The van der Waals surface area contributed by atoms with Crippen molar-refractivity contribution in [2.75, 3.05) is 38.3 Å². The summed E-state index contributed by atoms with van der Waals surface area (Å²) in [5, 5.41) is 3.19. The Bertz CT molecular complexity index is 996. The number of hydrogen-bond donors (Lipinski definition) is 0. The third-order valence-corrected chi connectivity index (χ3v) is 7.10. The van der Waals surface area contributed by atoms with Crippen LogP contribution >= 0.6 is 23.1 Å². The van der Waals surface area contributed by atoms with E-state index in [1.807, 2.05) is 38.2 Å². The van der Waals surface area contributed by atoms with E-state index in [0.717, 1.165) is 53.2 Å². The highest BCUT2D eigenvalue weighted by Gasteiger charge is 2.14. The van der Waals surface area contributed by atoms with Gasteiger partial charge >= 0.3 is 0 Å². The molecule has 0 spiro atoms. The van der Waals surface area contributed by atoms with Crippen LogP contribution in [0.25, 0.3) is 0 Å². The third-order valence-electron chi connectivity index (χ3n) is 5.23. The van der Waals surface area contributed by atoms with E-state index in [-0.39, 0.29) is 5.91 Å². The topological polar surface area (TPSA) is 45.7 Å². The molecule has 0 bridgehead atoms. The molecule has 7 heteroatoms. The van der Waals surface area contributed by atoms with Crippen molar-refractivity contribution in [3.8, 4) is 0 Å². The zero-order chi connectivity index (χ0) is 21.6. The number of morpholine rings is 1. The molecule has 5 nitrogen and oxygen atoms in total. The van der Waals surface area contributed by atoms with Crippen molar-refractivity contribution in [3.05, 3.63) is 75.7 Å². The van der Waals surface area contributed by atoms with E-state index in [1.165, 1.54) is 5.69 Å². The van der Waals surface area contributed by atoms with Crippen molar-refractivity contribution < 1.29 is 9.53 Å². The average Bonchev–Trinajstić information content (AvgIpc) is 3.23. The molecule has 0 aliphatic carbocycles. The summed E-state index contributed by atoms with van der Waals surface area (Å²) in [5.74, 6) is 0.877. The fourth-order valence-corrected chi connectivity index (χ4v) is 5.03. The van der Waals surface area contributed by atoms with E-state index < -0.39 is 0 Å². The Hall–Kier alpha value is -2.35. The van der Waals surface area contributed by atoms with E-state index in [0.29, 0.717) is 12.1 Å². The second-order valence-corrected chi connectivity index (χ2v) is 9.71. The van der Waals surface area contributed by atoms with Crippen LogP contribution in [0.4, 0.5) is 5.69 Å². The second kappa shape index (κ2) is 10.3. The minimum atomic E-state index is 0.0314. The summed E-state index contributed by atoms with van der Waals surface area (Å²) in [4.78, 5) is 22.6. The Morgan fingerprint density at radius 3 is 2.48 bits per heavy atom. The summed E-state index contributed by atoms with van der Waals surface area (Å²) in [6.45, 7) is 6.02. The molecule has 0 unspecified atom stereocenters. The van der Waals surface area contributed by atoms with Crippen molar-refractivity contribution in [2.45, 2.75) is 24.1 Å². The Morgan fingerprint density at radius 2 is 1.84 bits per heavy atom. The predicted octanol–water partition coefficient (Wildman–Crippen LogP) is 4.85. The van der Waals surface area contributed by atoms with Crippen LogP contribution in [-0.2, 0) is 17.0 Å². The Labute approximate surface area is 192 Å². The predicted molar refractivity (Wildman–Crippen MR) is 128 cm³/mol. The van der Waals surface area contributed by atoms with E-state index in [4.69, 9.17) is 4.74 Å². The van der Waals surface area contributed by atoms with Gasteiger partial charge in [0.2, 0.25) is 0 Å². The maximum atomic E-state index is 12.8. The maximum absolute atomic E-state index is 12.8. The van der Waals surface area contributed by atoms with Crippen molar-refractivity contribution in [3.63, 3.8) is 0 Å². The van der Waals surface area contributed by atoms with Gasteiger partial charge in [0.1, 0.15) is 0 Å². The van der Waals surface area contributed by atoms with Crippen LogP contribution < -0.4 is 4.90 Å². The third kappa shape index (κ3) is 5.87. The lowest BCUT2D eigenvalue weighted by Gasteiger charge is -2.29. The molecule has 1 amide bonds. The van der Waals surface area contributed by atoms with Gasteiger partial charge in [-0.05, 0) is 48.9 Å². The number of aromatic nitrogens is 1. The molecule has 1 fully saturated rings. The van der Waals surface area contributed by atoms with Crippen LogP contribution in [0.3, 0.4) is 0 Å². The number of rotatable bonds is 7. The van der Waals surface area contributed by atoms with Crippen LogP contribution in [-0.4, -0.2) is 49.1 Å². The fourth-order valence-electron chi connectivity index (χ4n) is 3.53. The number of thioether (sulfide) groups is 1. The first-order chi connectivity index (χ1) is 15.1. The van der Waals surface area contributed by atoms with Crippen molar-refractivity contribution in [2.24, 2.45) is 0 Å². The zero-order valence-corrected chi connectivity index (χ0v) is 19.5. The van der Waals surface area contributed by atoms with Crippen molar-refractivity contribution >= 4 is 34.7 Å². The molecule has 0 atom stereocenters. The first-order valence-electron chi connectivity index (χ1n) is 10.4. The molecular formula is C24H27N3O2S2. The van der Waals surface area contributed by atoms with Gasteiger partial charge in [-0.15, -0.1) is 23.1 Å². The molecule has 1 aliphatic rings. The average molecular weight is 454 g/mol. The van der Waals surface area contributed by atoms with Crippen LogP contribution in [0.1, 0.15) is 26.6 Å². The Kier molecular flexibility index (Phi) is 7.27. The number of anilines is 1. The smallest absolute Gasteiger partial charge is 0.253 e. The lowest BCUT2D eigenvalue weighted by Crippen LogP contribution is -2.36. The first-order valence-corrected chi connectivity index (χ1v) is 12.3. The van der Waals surface area contributed by atoms with Gasteiger partial charge in [-0.2, -0.15) is 0 Å². The fraction of sp³-hybridized carbons (Fsp3) is 0.333. The second-order valence-electron chi connectivity index (χ2n) is 7.60. The summed E-state index contributed by atoms with van der Waals surface area (Å²) in [6.07, 6.45) is 0. The highest BCUT2D eigenvalue weighted by Crippen LogP contribution is 2.24. The lowest BCUT2D eigenvalue weighted by atomic mass is 10.1. The van der Waals surface area contributed by atoms with E-state index in [9.17, 15) is 4.79 Å². The molecule has 1 aliphatic heterocycles. The summed E-state index contributed by atoms with van der Waals surface area (Å²) >= 11 is 3.41. The molecule has 3 aromatic rings. The SMILES string of the molecule is Cc1nc(CSc2ccc(C(=O)N(C)Cc3ccc(N4CCOCC4)cc3)cc2)cs1. The number of carbonyl (C=O) groups is 1.